The standard InChI is InChI=1S/C24H38N4O3/c1-24(2,3)31-23(30)26(4)17-19-11-10-16-28(18-19)22(29)25-20-12-6-7-13-21(20)27-14-8-5-9-15-27/h6-7,12-13,19H,5,8-11,14-18H2,1-4H3,(H,25,29). The van der Waals surface area contributed by atoms with Gasteiger partial charge in [-0.05, 0) is 70.9 Å². The van der Waals surface area contributed by atoms with E-state index in [1.54, 1.807) is 11.9 Å². The average molecular weight is 431 g/mol. The van der Waals surface area contributed by atoms with E-state index in [0.717, 1.165) is 43.9 Å². The van der Waals surface area contributed by atoms with Gasteiger partial charge >= 0.3 is 12.1 Å². The lowest BCUT2D eigenvalue weighted by Crippen LogP contribution is -2.46. The average Bonchev–Trinajstić information content (AvgIpc) is 2.73. The fourth-order valence-electron chi connectivity index (χ4n) is 4.38. The fourth-order valence-corrected chi connectivity index (χ4v) is 4.38. The van der Waals surface area contributed by atoms with E-state index >= 15 is 0 Å². The van der Waals surface area contributed by atoms with Crippen molar-refractivity contribution in [3.63, 3.8) is 0 Å². The Labute approximate surface area is 186 Å². The van der Waals surface area contributed by atoms with Crippen molar-refractivity contribution in [2.75, 3.05) is 50.0 Å². The highest BCUT2D eigenvalue weighted by atomic mass is 16.6. The summed E-state index contributed by atoms with van der Waals surface area (Å²) in [7, 11) is 1.77. The quantitative estimate of drug-likeness (QED) is 0.746. The zero-order valence-corrected chi connectivity index (χ0v) is 19.5. The maximum Gasteiger partial charge on any atom is 0.410 e. The summed E-state index contributed by atoms with van der Waals surface area (Å²) in [6.45, 7) is 9.65. The number of nitrogens with zero attached hydrogens (tertiary/aromatic N) is 3. The summed E-state index contributed by atoms with van der Waals surface area (Å²) in [5.74, 6) is 0.245. The van der Waals surface area contributed by atoms with Crippen LogP contribution >= 0.6 is 0 Å². The molecule has 172 valence electrons. The van der Waals surface area contributed by atoms with Crippen molar-refractivity contribution >= 4 is 23.5 Å². The van der Waals surface area contributed by atoms with E-state index in [1.165, 1.54) is 19.3 Å². The number of urea groups is 1. The Bertz CT molecular complexity index is 755. The minimum atomic E-state index is -0.508. The van der Waals surface area contributed by atoms with E-state index in [4.69, 9.17) is 4.74 Å². The number of likely N-dealkylation sites (tertiary alicyclic amines) is 1. The number of carbonyl (C=O) groups is 2. The molecule has 2 aliphatic heterocycles. The number of para-hydroxylation sites is 2. The number of nitrogens with one attached hydrogen (secondary N) is 1. The second kappa shape index (κ2) is 10.2. The molecule has 1 unspecified atom stereocenters. The third-order valence-corrected chi connectivity index (χ3v) is 5.89. The number of carbonyl (C=O) groups excluding carboxylic acids is 2. The largest absolute Gasteiger partial charge is 0.444 e. The lowest BCUT2D eigenvalue weighted by atomic mass is 9.98. The molecule has 0 aliphatic carbocycles. The van der Waals surface area contributed by atoms with Gasteiger partial charge in [-0.25, -0.2) is 9.59 Å². The molecule has 1 aromatic rings. The summed E-state index contributed by atoms with van der Waals surface area (Å²) in [5, 5.41) is 3.15. The molecule has 3 rings (SSSR count). The van der Waals surface area contributed by atoms with E-state index < -0.39 is 5.60 Å². The third-order valence-electron chi connectivity index (χ3n) is 5.89. The molecule has 2 aliphatic rings. The van der Waals surface area contributed by atoms with E-state index in [2.05, 4.69) is 16.3 Å². The summed E-state index contributed by atoms with van der Waals surface area (Å²) in [6.07, 6.45) is 5.29. The molecule has 7 heteroatoms. The number of ether oxygens (including phenoxy) is 1. The maximum absolute atomic E-state index is 13.0. The van der Waals surface area contributed by atoms with Crippen LogP contribution in [0.25, 0.3) is 0 Å². The Hall–Kier alpha value is -2.44. The van der Waals surface area contributed by atoms with Crippen LogP contribution < -0.4 is 10.2 Å². The number of benzene rings is 1. The van der Waals surface area contributed by atoms with Gasteiger partial charge < -0.3 is 24.8 Å². The SMILES string of the molecule is CN(CC1CCCN(C(=O)Nc2ccccc2N2CCCCC2)C1)C(=O)OC(C)(C)C. The second-order valence-electron chi connectivity index (χ2n) is 9.81. The molecule has 2 heterocycles. The summed E-state index contributed by atoms with van der Waals surface area (Å²) < 4.78 is 5.45. The van der Waals surface area contributed by atoms with Crippen molar-refractivity contribution < 1.29 is 14.3 Å². The van der Waals surface area contributed by atoms with Gasteiger partial charge in [-0.15, -0.1) is 0 Å². The van der Waals surface area contributed by atoms with Gasteiger partial charge in [0.05, 0.1) is 11.4 Å². The zero-order chi connectivity index (χ0) is 22.4. The first kappa shape index (κ1) is 23.2. The monoisotopic (exact) mass is 430 g/mol. The first-order valence-electron chi connectivity index (χ1n) is 11.6. The summed E-state index contributed by atoms with van der Waals surface area (Å²) in [6, 6.07) is 8.02. The van der Waals surface area contributed by atoms with Crippen LogP contribution in [0.1, 0.15) is 52.9 Å². The van der Waals surface area contributed by atoms with Crippen molar-refractivity contribution in [3.05, 3.63) is 24.3 Å². The number of anilines is 2. The van der Waals surface area contributed by atoms with Crippen molar-refractivity contribution in [2.24, 2.45) is 5.92 Å². The van der Waals surface area contributed by atoms with Crippen LogP contribution in [-0.2, 0) is 4.74 Å². The van der Waals surface area contributed by atoms with Gasteiger partial charge in [-0.1, -0.05) is 12.1 Å². The van der Waals surface area contributed by atoms with Crippen LogP contribution in [0.3, 0.4) is 0 Å². The lowest BCUT2D eigenvalue weighted by molar-refractivity contribution is 0.0253. The summed E-state index contributed by atoms with van der Waals surface area (Å²) in [4.78, 5) is 31.2. The highest BCUT2D eigenvalue weighted by Crippen LogP contribution is 2.29. The fraction of sp³-hybridized carbons (Fsp3) is 0.667. The Morgan fingerprint density at radius 2 is 1.81 bits per heavy atom. The minimum absolute atomic E-state index is 0.0610. The first-order valence-corrected chi connectivity index (χ1v) is 11.6. The van der Waals surface area contributed by atoms with Gasteiger partial charge in [-0.3, -0.25) is 0 Å². The van der Waals surface area contributed by atoms with Crippen molar-refractivity contribution in [3.8, 4) is 0 Å². The van der Waals surface area contributed by atoms with Crippen molar-refractivity contribution in [2.45, 2.75) is 58.5 Å². The van der Waals surface area contributed by atoms with Gasteiger partial charge in [0.15, 0.2) is 0 Å². The molecule has 2 fully saturated rings. The van der Waals surface area contributed by atoms with Gasteiger partial charge in [-0.2, -0.15) is 0 Å². The molecule has 0 saturated carbocycles. The maximum atomic E-state index is 13.0. The highest BCUT2D eigenvalue weighted by Gasteiger charge is 2.28. The van der Waals surface area contributed by atoms with Crippen molar-refractivity contribution in [1.29, 1.82) is 0 Å². The normalized spacial score (nSPS) is 19.7. The highest BCUT2D eigenvalue weighted by molar-refractivity contribution is 5.93. The Morgan fingerprint density at radius 1 is 1.10 bits per heavy atom. The Morgan fingerprint density at radius 3 is 2.52 bits per heavy atom. The van der Waals surface area contributed by atoms with E-state index in [-0.39, 0.29) is 18.0 Å². The van der Waals surface area contributed by atoms with Crippen LogP contribution in [-0.4, -0.2) is 67.3 Å². The molecule has 2 saturated heterocycles. The third kappa shape index (κ3) is 6.77. The first-order chi connectivity index (χ1) is 14.7. The van der Waals surface area contributed by atoms with Gasteiger partial charge in [0.1, 0.15) is 5.60 Å². The molecule has 0 bridgehead atoms. The van der Waals surface area contributed by atoms with Gasteiger partial charge in [0, 0.05) is 39.8 Å². The lowest BCUT2D eigenvalue weighted by Gasteiger charge is -2.35. The number of piperidine rings is 2. The predicted molar refractivity (Wildman–Crippen MR) is 125 cm³/mol. The van der Waals surface area contributed by atoms with Crippen LogP contribution in [0.4, 0.5) is 21.0 Å². The van der Waals surface area contributed by atoms with Crippen molar-refractivity contribution in [1.82, 2.24) is 9.80 Å². The molecule has 0 aromatic heterocycles. The predicted octanol–water partition coefficient (Wildman–Crippen LogP) is 4.79. The number of hydrogen-bond donors (Lipinski definition) is 1. The molecule has 1 atom stereocenters. The molecular formula is C24H38N4O3. The molecule has 1 aromatic carbocycles. The molecule has 7 nitrogen and oxygen atoms in total. The Kier molecular flexibility index (Phi) is 7.68. The van der Waals surface area contributed by atoms with E-state index in [0.29, 0.717) is 13.1 Å². The van der Waals surface area contributed by atoms with Crippen LogP contribution in [0.5, 0.6) is 0 Å². The topological polar surface area (TPSA) is 65.1 Å². The Balaban J connectivity index is 1.57. The molecule has 0 spiro atoms. The molecule has 3 amide bonds. The summed E-state index contributed by atoms with van der Waals surface area (Å²) >= 11 is 0. The van der Waals surface area contributed by atoms with Crippen LogP contribution in [0.2, 0.25) is 0 Å². The number of amides is 3. The minimum Gasteiger partial charge on any atom is -0.444 e. The van der Waals surface area contributed by atoms with Crippen LogP contribution in [0, 0.1) is 5.92 Å². The molecule has 31 heavy (non-hydrogen) atoms. The molecular weight excluding hydrogens is 392 g/mol. The smallest absolute Gasteiger partial charge is 0.410 e. The summed E-state index contributed by atoms with van der Waals surface area (Å²) in [5.41, 5.74) is 1.47. The molecule has 0 radical (unpaired) electrons. The molecule has 1 N–H and O–H groups in total. The number of rotatable bonds is 4. The second-order valence-corrected chi connectivity index (χ2v) is 9.81. The van der Waals surface area contributed by atoms with E-state index in [9.17, 15) is 9.59 Å². The zero-order valence-electron chi connectivity index (χ0n) is 19.5. The van der Waals surface area contributed by atoms with E-state index in [1.807, 2.05) is 43.9 Å². The van der Waals surface area contributed by atoms with Gasteiger partial charge in [0.25, 0.3) is 0 Å². The van der Waals surface area contributed by atoms with Crippen LogP contribution in [0.15, 0.2) is 24.3 Å². The number of hydrogen-bond acceptors (Lipinski definition) is 4. The van der Waals surface area contributed by atoms with Gasteiger partial charge in [0.2, 0.25) is 0 Å².